The highest BCUT2D eigenvalue weighted by molar-refractivity contribution is 6.33. The molecule has 0 aromatic carbocycles. The Hall–Kier alpha value is -1.24. The molecule has 0 atom stereocenters. The molecule has 0 aliphatic carbocycles. The molecule has 0 fully saturated rings. The Morgan fingerprint density at radius 1 is 1.50 bits per heavy atom. The molecule has 4 heteroatoms. The van der Waals surface area contributed by atoms with Gasteiger partial charge in [0.05, 0.1) is 11.6 Å². The maximum Gasteiger partial charge on any atom is 0.147 e. The molecule has 0 bridgehead atoms. The molecule has 98 valence electrons. The van der Waals surface area contributed by atoms with E-state index in [0.29, 0.717) is 17.4 Å². The van der Waals surface area contributed by atoms with Gasteiger partial charge >= 0.3 is 0 Å². The number of terminal acetylenes is 1. The molecule has 0 spiro atoms. The molecule has 1 aromatic rings. The summed E-state index contributed by atoms with van der Waals surface area (Å²) in [6.07, 6.45) is 7.10. The van der Waals surface area contributed by atoms with Crippen LogP contribution in [0.4, 0.5) is 5.82 Å². The Labute approximate surface area is 115 Å². The Kier molecular flexibility index (Phi) is 5.01. The lowest BCUT2D eigenvalue weighted by atomic mass is 10.1. The molecule has 0 saturated heterocycles. The summed E-state index contributed by atoms with van der Waals surface area (Å²) in [6.45, 7) is 7.60. The van der Waals surface area contributed by atoms with Crippen LogP contribution >= 0.6 is 11.6 Å². The number of rotatable bonds is 4. The summed E-state index contributed by atoms with van der Waals surface area (Å²) in [5, 5.41) is 4.02. The molecule has 1 heterocycles. The lowest BCUT2D eigenvalue weighted by Crippen LogP contribution is -2.35. The standard InChI is InChI=1S/C14H20ClN3/c1-6-7-18(5)13-12(15)8-11(9-16-13)10-17-14(2,3)4/h1,8-9,17H,7,10H2,2-5H3. The predicted molar refractivity (Wildman–Crippen MR) is 77.9 cm³/mol. The van der Waals surface area contributed by atoms with Gasteiger partial charge in [-0.3, -0.25) is 0 Å². The third kappa shape index (κ3) is 4.56. The van der Waals surface area contributed by atoms with E-state index in [1.165, 1.54) is 0 Å². The van der Waals surface area contributed by atoms with E-state index in [4.69, 9.17) is 18.0 Å². The van der Waals surface area contributed by atoms with E-state index in [1.807, 2.05) is 24.2 Å². The predicted octanol–water partition coefficient (Wildman–Crippen LogP) is 2.69. The number of hydrogen-bond acceptors (Lipinski definition) is 3. The normalized spacial score (nSPS) is 11.1. The van der Waals surface area contributed by atoms with Crippen molar-refractivity contribution in [3.63, 3.8) is 0 Å². The summed E-state index contributed by atoms with van der Waals surface area (Å²) in [5.74, 6) is 3.28. The zero-order valence-electron chi connectivity index (χ0n) is 11.4. The van der Waals surface area contributed by atoms with Crippen LogP contribution in [0.2, 0.25) is 5.02 Å². The molecule has 0 radical (unpaired) electrons. The highest BCUT2D eigenvalue weighted by atomic mass is 35.5. The fraction of sp³-hybridized carbons (Fsp3) is 0.500. The third-order valence-electron chi connectivity index (χ3n) is 2.39. The van der Waals surface area contributed by atoms with Crippen molar-refractivity contribution in [3.8, 4) is 12.3 Å². The smallest absolute Gasteiger partial charge is 0.147 e. The molecule has 0 amide bonds. The zero-order chi connectivity index (χ0) is 13.8. The molecule has 1 aromatic heterocycles. The molecule has 18 heavy (non-hydrogen) atoms. The van der Waals surface area contributed by atoms with Gasteiger partial charge in [0.1, 0.15) is 5.82 Å². The third-order valence-corrected chi connectivity index (χ3v) is 2.67. The van der Waals surface area contributed by atoms with E-state index in [2.05, 4.69) is 37.0 Å². The summed E-state index contributed by atoms with van der Waals surface area (Å²) in [6, 6.07) is 1.93. The highest BCUT2D eigenvalue weighted by Gasteiger charge is 2.11. The molecular weight excluding hydrogens is 246 g/mol. The molecule has 0 unspecified atom stereocenters. The van der Waals surface area contributed by atoms with E-state index < -0.39 is 0 Å². The van der Waals surface area contributed by atoms with Crippen molar-refractivity contribution in [1.82, 2.24) is 10.3 Å². The van der Waals surface area contributed by atoms with E-state index in [1.54, 1.807) is 0 Å². The number of anilines is 1. The Balaban J connectivity index is 2.77. The molecule has 3 nitrogen and oxygen atoms in total. The first-order chi connectivity index (χ1) is 8.33. The van der Waals surface area contributed by atoms with Crippen LogP contribution in [-0.2, 0) is 6.54 Å². The molecule has 0 saturated carbocycles. The molecule has 1 N–H and O–H groups in total. The Bertz CT molecular complexity index is 443. The van der Waals surface area contributed by atoms with Gasteiger partial charge in [-0.1, -0.05) is 17.5 Å². The van der Waals surface area contributed by atoms with Crippen molar-refractivity contribution < 1.29 is 0 Å². The number of nitrogens with one attached hydrogen (secondary N) is 1. The minimum Gasteiger partial charge on any atom is -0.347 e. The van der Waals surface area contributed by atoms with E-state index >= 15 is 0 Å². The molecule has 0 aliphatic rings. The molecule has 0 aliphatic heterocycles. The average molecular weight is 266 g/mol. The number of aromatic nitrogens is 1. The van der Waals surface area contributed by atoms with Crippen LogP contribution in [0.25, 0.3) is 0 Å². The fourth-order valence-corrected chi connectivity index (χ4v) is 1.76. The largest absolute Gasteiger partial charge is 0.347 e. The van der Waals surface area contributed by atoms with Crippen LogP contribution in [0.15, 0.2) is 12.3 Å². The highest BCUT2D eigenvalue weighted by Crippen LogP contribution is 2.23. The first-order valence-electron chi connectivity index (χ1n) is 5.87. The van der Waals surface area contributed by atoms with Gasteiger partial charge in [-0.05, 0) is 32.4 Å². The summed E-state index contributed by atoms with van der Waals surface area (Å²) in [5.41, 5.74) is 1.14. The maximum atomic E-state index is 6.21. The van der Waals surface area contributed by atoms with Gasteiger partial charge < -0.3 is 10.2 Å². The van der Waals surface area contributed by atoms with Crippen molar-refractivity contribution in [3.05, 3.63) is 22.8 Å². The van der Waals surface area contributed by atoms with Crippen molar-refractivity contribution in [2.45, 2.75) is 32.9 Å². The van der Waals surface area contributed by atoms with Crippen molar-refractivity contribution in [2.75, 3.05) is 18.5 Å². The second kappa shape index (κ2) is 6.08. The van der Waals surface area contributed by atoms with Crippen LogP contribution < -0.4 is 10.2 Å². The monoisotopic (exact) mass is 265 g/mol. The van der Waals surface area contributed by atoms with Gasteiger partial charge in [0.2, 0.25) is 0 Å². The first-order valence-corrected chi connectivity index (χ1v) is 6.25. The van der Waals surface area contributed by atoms with Crippen LogP contribution in [0, 0.1) is 12.3 Å². The Morgan fingerprint density at radius 2 is 2.17 bits per heavy atom. The summed E-state index contributed by atoms with van der Waals surface area (Å²) >= 11 is 6.21. The topological polar surface area (TPSA) is 28.2 Å². The minimum absolute atomic E-state index is 0.0748. The van der Waals surface area contributed by atoms with Crippen LogP contribution in [0.1, 0.15) is 26.3 Å². The number of halogens is 1. The van der Waals surface area contributed by atoms with E-state index in [9.17, 15) is 0 Å². The van der Waals surface area contributed by atoms with Gasteiger partial charge in [-0.25, -0.2) is 4.98 Å². The van der Waals surface area contributed by atoms with Gasteiger partial charge in [0.15, 0.2) is 0 Å². The summed E-state index contributed by atoms with van der Waals surface area (Å²) in [7, 11) is 1.88. The lowest BCUT2D eigenvalue weighted by Gasteiger charge is -2.21. The quantitative estimate of drug-likeness (QED) is 0.849. The maximum absolute atomic E-state index is 6.21. The van der Waals surface area contributed by atoms with Crippen LogP contribution in [0.3, 0.4) is 0 Å². The number of pyridine rings is 1. The SMILES string of the molecule is C#CCN(C)c1ncc(CNC(C)(C)C)cc1Cl. The van der Waals surface area contributed by atoms with Gasteiger partial charge in [0.25, 0.3) is 0 Å². The van der Waals surface area contributed by atoms with Crippen molar-refractivity contribution in [2.24, 2.45) is 0 Å². The van der Waals surface area contributed by atoms with Gasteiger partial charge in [0, 0.05) is 25.3 Å². The molecule has 1 rings (SSSR count). The number of nitrogens with zero attached hydrogens (tertiary/aromatic N) is 2. The zero-order valence-corrected chi connectivity index (χ0v) is 12.2. The van der Waals surface area contributed by atoms with Crippen molar-refractivity contribution >= 4 is 17.4 Å². The molecular formula is C14H20ClN3. The summed E-state index contributed by atoms with van der Waals surface area (Å²) < 4.78 is 0. The fourth-order valence-electron chi connectivity index (χ4n) is 1.43. The van der Waals surface area contributed by atoms with Gasteiger partial charge in [-0.2, -0.15) is 0 Å². The minimum atomic E-state index is 0.0748. The van der Waals surface area contributed by atoms with E-state index in [0.717, 1.165) is 12.1 Å². The van der Waals surface area contributed by atoms with Crippen LogP contribution in [0.5, 0.6) is 0 Å². The second-order valence-electron chi connectivity index (χ2n) is 5.31. The van der Waals surface area contributed by atoms with Crippen LogP contribution in [-0.4, -0.2) is 24.1 Å². The first kappa shape index (κ1) is 14.8. The second-order valence-corrected chi connectivity index (χ2v) is 5.72. The lowest BCUT2D eigenvalue weighted by molar-refractivity contribution is 0.424. The Morgan fingerprint density at radius 3 is 2.67 bits per heavy atom. The average Bonchev–Trinajstić information content (AvgIpc) is 2.25. The van der Waals surface area contributed by atoms with Gasteiger partial charge in [-0.15, -0.1) is 6.42 Å². The van der Waals surface area contributed by atoms with Crippen molar-refractivity contribution in [1.29, 1.82) is 0 Å². The number of hydrogen-bond donors (Lipinski definition) is 1. The summed E-state index contributed by atoms with van der Waals surface area (Å²) in [4.78, 5) is 6.21. The van der Waals surface area contributed by atoms with E-state index in [-0.39, 0.29) is 5.54 Å².